The lowest BCUT2D eigenvalue weighted by molar-refractivity contribution is -0.139. The maximum absolute atomic E-state index is 12.4. The third-order valence-electron chi connectivity index (χ3n) is 3.74. The Bertz CT molecular complexity index is 899. The Labute approximate surface area is 178 Å². The van der Waals surface area contributed by atoms with Crippen LogP contribution in [0, 0.1) is 11.8 Å². The molecule has 0 saturated carbocycles. The molecule has 0 aromatic heterocycles. The van der Waals surface area contributed by atoms with Gasteiger partial charge in [-0.1, -0.05) is 41.1 Å². The SMILES string of the molecule is COCCOc1ccc(C#CCC(NC(=O)c2c(Cl)cccc2Cl)C(=O)O)cc1. The second kappa shape index (κ2) is 11.3. The number of carboxylic acids is 1. The number of ether oxygens (including phenoxy) is 2. The molecule has 0 heterocycles. The molecule has 2 N–H and O–H groups in total. The van der Waals surface area contributed by atoms with Crippen molar-refractivity contribution >= 4 is 35.1 Å². The van der Waals surface area contributed by atoms with Crippen molar-refractivity contribution in [1.82, 2.24) is 5.32 Å². The predicted molar refractivity (Wildman–Crippen MR) is 111 cm³/mol. The van der Waals surface area contributed by atoms with Gasteiger partial charge in [-0.25, -0.2) is 4.79 Å². The molecule has 0 fully saturated rings. The van der Waals surface area contributed by atoms with Crippen molar-refractivity contribution in [2.45, 2.75) is 12.5 Å². The number of carbonyl (C=O) groups is 2. The summed E-state index contributed by atoms with van der Waals surface area (Å²) in [5, 5.41) is 12.0. The van der Waals surface area contributed by atoms with Gasteiger partial charge in [-0.3, -0.25) is 4.79 Å². The van der Waals surface area contributed by atoms with E-state index in [-0.39, 0.29) is 22.0 Å². The van der Waals surface area contributed by atoms with E-state index in [1.807, 2.05) is 0 Å². The van der Waals surface area contributed by atoms with Crippen LogP contribution in [0.15, 0.2) is 42.5 Å². The number of benzene rings is 2. The highest BCUT2D eigenvalue weighted by Crippen LogP contribution is 2.24. The van der Waals surface area contributed by atoms with E-state index in [1.54, 1.807) is 37.4 Å². The molecule has 2 rings (SSSR count). The number of hydrogen-bond donors (Lipinski definition) is 2. The van der Waals surface area contributed by atoms with E-state index < -0.39 is 17.9 Å². The number of halogens is 2. The Balaban J connectivity index is 2.00. The van der Waals surface area contributed by atoms with Gasteiger partial charge in [0.2, 0.25) is 0 Å². The van der Waals surface area contributed by atoms with Crippen LogP contribution in [0.25, 0.3) is 0 Å². The second-order valence-corrected chi connectivity index (χ2v) is 6.65. The molecule has 0 bridgehead atoms. The molecule has 6 nitrogen and oxygen atoms in total. The molecule has 1 unspecified atom stereocenters. The fraction of sp³-hybridized carbons (Fsp3) is 0.238. The molecule has 0 aliphatic rings. The summed E-state index contributed by atoms with van der Waals surface area (Å²) in [7, 11) is 1.60. The summed E-state index contributed by atoms with van der Waals surface area (Å²) in [5.74, 6) is 4.43. The minimum Gasteiger partial charge on any atom is -0.491 e. The van der Waals surface area contributed by atoms with Gasteiger partial charge in [-0.15, -0.1) is 0 Å². The molecule has 29 heavy (non-hydrogen) atoms. The molecular formula is C21H19Cl2NO5. The summed E-state index contributed by atoms with van der Waals surface area (Å²) in [6, 6.07) is 10.4. The predicted octanol–water partition coefficient (Wildman–Crippen LogP) is 3.64. The van der Waals surface area contributed by atoms with Crippen LogP contribution in [0.2, 0.25) is 10.0 Å². The molecular weight excluding hydrogens is 417 g/mol. The van der Waals surface area contributed by atoms with Gasteiger partial charge in [0.25, 0.3) is 5.91 Å². The fourth-order valence-corrected chi connectivity index (χ4v) is 2.85. The zero-order chi connectivity index (χ0) is 21.2. The number of hydrogen-bond acceptors (Lipinski definition) is 4. The summed E-state index contributed by atoms with van der Waals surface area (Å²) < 4.78 is 10.4. The van der Waals surface area contributed by atoms with E-state index in [9.17, 15) is 14.7 Å². The minimum absolute atomic E-state index is 0.0269. The van der Waals surface area contributed by atoms with Gasteiger partial charge in [0.05, 0.1) is 22.2 Å². The lowest BCUT2D eigenvalue weighted by Gasteiger charge is -2.13. The van der Waals surface area contributed by atoms with E-state index in [4.69, 9.17) is 32.7 Å². The largest absolute Gasteiger partial charge is 0.491 e. The van der Waals surface area contributed by atoms with Crippen LogP contribution in [0.3, 0.4) is 0 Å². The molecule has 8 heteroatoms. The van der Waals surface area contributed by atoms with Crippen molar-refractivity contribution in [3.63, 3.8) is 0 Å². The number of methoxy groups -OCH3 is 1. The van der Waals surface area contributed by atoms with Gasteiger partial charge < -0.3 is 19.9 Å². The maximum Gasteiger partial charge on any atom is 0.327 e. The standard InChI is InChI=1S/C21H19Cl2NO5/c1-28-12-13-29-15-10-8-14(9-11-15)4-2-7-18(21(26)27)24-20(25)19-16(22)5-3-6-17(19)23/h3,5-6,8-11,18H,7,12-13H2,1H3,(H,24,25)(H,26,27). The molecule has 0 aliphatic carbocycles. The topological polar surface area (TPSA) is 84.9 Å². The van der Waals surface area contributed by atoms with E-state index in [1.165, 1.54) is 12.1 Å². The fourth-order valence-electron chi connectivity index (χ4n) is 2.28. The number of carboxylic acid groups (broad SMARTS) is 1. The van der Waals surface area contributed by atoms with Crippen LogP contribution < -0.4 is 10.1 Å². The third-order valence-corrected chi connectivity index (χ3v) is 4.37. The Morgan fingerprint density at radius 2 is 1.76 bits per heavy atom. The molecule has 152 valence electrons. The van der Waals surface area contributed by atoms with Crippen LogP contribution >= 0.6 is 23.2 Å². The maximum atomic E-state index is 12.4. The Kier molecular flexibility index (Phi) is 8.81. The normalized spacial score (nSPS) is 11.1. The van der Waals surface area contributed by atoms with Gasteiger partial charge in [-0.05, 0) is 36.4 Å². The van der Waals surface area contributed by atoms with Crippen LogP contribution in [-0.4, -0.2) is 43.3 Å². The van der Waals surface area contributed by atoms with Gasteiger partial charge in [-0.2, -0.15) is 0 Å². The zero-order valence-electron chi connectivity index (χ0n) is 15.6. The van der Waals surface area contributed by atoms with Crippen molar-refractivity contribution in [3.8, 4) is 17.6 Å². The Morgan fingerprint density at radius 3 is 2.34 bits per heavy atom. The van der Waals surface area contributed by atoms with E-state index in [2.05, 4.69) is 17.2 Å². The first-order valence-electron chi connectivity index (χ1n) is 8.60. The quantitative estimate of drug-likeness (QED) is 0.488. The summed E-state index contributed by atoms with van der Waals surface area (Å²) in [5.41, 5.74) is 0.716. The number of amides is 1. The van der Waals surface area contributed by atoms with Crippen LogP contribution in [0.4, 0.5) is 0 Å². The minimum atomic E-state index is -1.21. The van der Waals surface area contributed by atoms with Crippen molar-refractivity contribution < 1.29 is 24.2 Å². The molecule has 1 amide bonds. The molecule has 0 saturated heterocycles. The summed E-state index contributed by atoms with van der Waals surface area (Å²) >= 11 is 12.0. The van der Waals surface area contributed by atoms with E-state index in [0.29, 0.717) is 24.5 Å². The summed E-state index contributed by atoms with van der Waals surface area (Å²) in [6.07, 6.45) is -0.0881. The van der Waals surface area contributed by atoms with Gasteiger partial charge in [0.15, 0.2) is 0 Å². The zero-order valence-corrected chi connectivity index (χ0v) is 17.1. The monoisotopic (exact) mass is 435 g/mol. The van der Waals surface area contributed by atoms with E-state index in [0.717, 1.165) is 0 Å². The molecule has 2 aromatic carbocycles. The molecule has 2 aromatic rings. The number of aliphatic carboxylic acids is 1. The van der Waals surface area contributed by atoms with Gasteiger partial charge >= 0.3 is 5.97 Å². The molecule has 0 aliphatic heterocycles. The van der Waals surface area contributed by atoms with E-state index >= 15 is 0 Å². The first kappa shape index (κ1) is 22.6. The summed E-state index contributed by atoms with van der Waals surface area (Å²) in [6.45, 7) is 0.931. The number of nitrogens with one attached hydrogen (secondary N) is 1. The highest BCUT2D eigenvalue weighted by molar-refractivity contribution is 6.39. The van der Waals surface area contributed by atoms with Crippen LogP contribution in [0.5, 0.6) is 5.75 Å². The van der Waals surface area contributed by atoms with Crippen molar-refractivity contribution in [2.24, 2.45) is 0 Å². The first-order chi connectivity index (χ1) is 13.9. The van der Waals surface area contributed by atoms with Crippen molar-refractivity contribution in [3.05, 3.63) is 63.6 Å². The number of carbonyl (C=O) groups excluding carboxylic acids is 1. The molecule has 0 radical (unpaired) electrons. The highest BCUT2D eigenvalue weighted by atomic mass is 35.5. The average molecular weight is 436 g/mol. The van der Waals surface area contributed by atoms with Crippen molar-refractivity contribution in [2.75, 3.05) is 20.3 Å². The third kappa shape index (κ3) is 6.99. The first-order valence-corrected chi connectivity index (χ1v) is 9.36. The average Bonchev–Trinajstić information content (AvgIpc) is 2.68. The molecule has 0 spiro atoms. The van der Waals surface area contributed by atoms with Crippen LogP contribution in [0.1, 0.15) is 22.3 Å². The Morgan fingerprint density at radius 1 is 1.10 bits per heavy atom. The number of rotatable bonds is 8. The van der Waals surface area contributed by atoms with Crippen molar-refractivity contribution in [1.29, 1.82) is 0 Å². The van der Waals surface area contributed by atoms with Crippen LogP contribution in [-0.2, 0) is 9.53 Å². The second-order valence-electron chi connectivity index (χ2n) is 5.83. The molecule has 1 atom stereocenters. The Hall–Kier alpha value is -2.72. The lowest BCUT2D eigenvalue weighted by Crippen LogP contribution is -2.40. The highest BCUT2D eigenvalue weighted by Gasteiger charge is 2.22. The summed E-state index contributed by atoms with van der Waals surface area (Å²) in [4.78, 5) is 23.8. The van der Waals surface area contributed by atoms with Gasteiger partial charge in [0.1, 0.15) is 18.4 Å². The smallest absolute Gasteiger partial charge is 0.327 e. The van der Waals surface area contributed by atoms with Gasteiger partial charge in [0, 0.05) is 19.1 Å². The lowest BCUT2D eigenvalue weighted by atomic mass is 10.1.